The summed E-state index contributed by atoms with van der Waals surface area (Å²) in [6.45, 7) is 1.98. The van der Waals surface area contributed by atoms with Crippen LogP contribution in [0, 0.1) is 5.92 Å². The zero-order chi connectivity index (χ0) is 16.9. The highest BCUT2D eigenvalue weighted by Gasteiger charge is 2.38. The lowest BCUT2D eigenvalue weighted by atomic mass is 9.84. The van der Waals surface area contributed by atoms with Gasteiger partial charge in [-0.05, 0) is 31.9 Å². The summed E-state index contributed by atoms with van der Waals surface area (Å²) in [5, 5.41) is 13.4. The van der Waals surface area contributed by atoms with E-state index in [2.05, 4.69) is 34.5 Å². The molecule has 1 aliphatic heterocycles. The molecule has 24 heavy (non-hydrogen) atoms. The predicted octanol–water partition coefficient (Wildman–Crippen LogP) is 1.21. The number of hydrogen-bond donors (Lipinski definition) is 2. The van der Waals surface area contributed by atoms with Crippen LogP contribution in [0.3, 0.4) is 0 Å². The Morgan fingerprint density at radius 1 is 1.33 bits per heavy atom. The molecule has 0 bridgehead atoms. The van der Waals surface area contributed by atoms with E-state index in [4.69, 9.17) is 4.74 Å². The zero-order valence-corrected chi connectivity index (χ0v) is 14.4. The molecule has 1 amide bonds. The summed E-state index contributed by atoms with van der Waals surface area (Å²) in [4.78, 5) is 14.2. The van der Waals surface area contributed by atoms with Crippen molar-refractivity contribution in [3.05, 3.63) is 35.9 Å². The van der Waals surface area contributed by atoms with Crippen molar-refractivity contribution in [1.29, 1.82) is 0 Å². The summed E-state index contributed by atoms with van der Waals surface area (Å²) in [5.74, 6) is 0.219. The van der Waals surface area contributed by atoms with Crippen molar-refractivity contribution in [3.8, 4) is 0 Å². The van der Waals surface area contributed by atoms with E-state index in [0.717, 1.165) is 32.2 Å². The number of ether oxygens (including phenoxy) is 1. The van der Waals surface area contributed by atoms with Crippen molar-refractivity contribution in [2.45, 2.75) is 43.9 Å². The van der Waals surface area contributed by atoms with Gasteiger partial charge in [0.15, 0.2) is 0 Å². The molecule has 0 radical (unpaired) electrons. The zero-order valence-electron chi connectivity index (χ0n) is 14.4. The molecule has 2 aliphatic rings. The Morgan fingerprint density at radius 3 is 2.75 bits per heavy atom. The molecule has 0 spiro atoms. The quantitative estimate of drug-likeness (QED) is 0.788. The Morgan fingerprint density at radius 2 is 2.08 bits per heavy atom. The molecule has 0 aromatic heterocycles. The largest absolute Gasteiger partial charge is 0.388 e. The van der Waals surface area contributed by atoms with E-state index in [0.29, 0.717) is 13.2 Å². The summed E-state index contributed by atoms with van der Waals surface area (Å²) >= 11 is 0. The van der Waals surface area contributed by atoms with E-state index in [1.165, 1.54) is 5.56 Å². The molecule has 1 saturated carbocycles. The van der Waals surface area contributed by atoms with Crippen LogP contribution in [0.1, 0.15) is 24.8 Å². The van der Waals surface area contributed by atoms with Gasteiger partial charge in [0.1, 0.15) is 6.10 Å². The van der Waals surface area contributed by atoms with Crippen LogP contribution in [-0.4, -0.2) is 60.9 Å². The second kappa shape index (κ2) is 8.10. The van der Waals surface area contributed by atoms with Crippen molar-refractivity contribution in [3.63, 3.8) is 0 Å². The third-order valence-corrected chi connectivity index (χ3v) is 5.20. The lowest BCUT2D eigenvalue weighted by Gasteiger charge is -2.27. The number of rotatable bonds is 7. The maximum absolute atomic E-state index is 12.0. The van der Waals surface area contributed by atoms with Crippen LogP contribution in [0.2, 0.25) is 0 Å². The second-order valence-corrected chi connectivity index (χ2v) is 7.10. The molecule has 1 saturated heterocycles. The van der Waals surface area contributed by atoms with Gasteiger partial charge in [0.2, 0.25) is 5.91 Å². The third-order valence-electron chi connectivity index (χ3n) is 5.20. The summed E-state index contributed by atoms with van der Waals surface area (Å²) in [6.07, 6.45) is 3.19. The average molecular weight is 332 g/mol. The number of nitrogens with zero attached hydrogens (tertiary/aromatic N) is 1. The Balaban J connectivity index is 1.41. The normalized spacial score (nSPS) is 27.2. The SMILES string of the molecule is CN(CCc1ccccc1)CC1OCC(NC(=O)C2CCC2)C1O. The van der Waals surface area contributed by atoms with Crippen molar-refractivity contribution >= 4 is 5.91 Å². The molecule has 1 heterocycles. The molecule has 2 N–H and O–H groups in total. The van der Waals surface area contributed by atoms with Gasteiger partial charge >= 0.3 is 0 Å². The first-order valence-electron chi connectivity index (χ1n) is 8.96. The number of benzene rings is 1. The summed E-state index contributed by atoms with van der Waals surface area (Å²) in [5.41, 5.74) is 1.31. The van der Waals surface area contributed by atoms with Crippen LogP contribution < -0.4 is 5.32 Å². The Kier molecular flexibility index (Phi) is 5.87. The molecular weight excluding hydrogens is 304 g/mol. The van der Waals surface area contributed by atoms with Gasteiger partial charge in [0.05, 0.1) is 18.8 Å². The van der Waals surface area contributed by atoms with Crippen molar-refractivity contribution < 1.29 is 14.6 Å². The predicted molar refractivity (Wildman–Crippen MR) is 92.7 cm³/mol. The standard InChI is InChI=1S/C19H28N2O3/c1-21(11-10-14-6-3-2-4-7-14)12-17-18(22)16(13-24-17)20-19(23)15-8-5-9-15/h2-4,6-7,15-18,22H,5,8-13H2,1H3,(H,20,23). The molecule has 1 aromatic rings. The van der Waals surface area contributed by atoms with Crippen LogP contribution in [0.15, 0.2) is 30.3 Å². The minimum atomic E-state index is -0.631. The number of hydrogen-bond acceptors (Lipinski definition) is 4. The molecule has 2 fully saturated rings. The number of amides is 1. The van der Waals surface area contributed by atoms with Crippen molar-refractivity contribution in [2.24, 2.45) is 5.92 Å². The number of likely N-dealkylation sites (N-methyl/N-ethyl adjacent to an activating group) is 1. The molecule has 132 valence electrons. The second-order valence-electron chi connectivity index (χ2n) is 7.10. The Bertz CT molecular complexity index is 533. The summed E-state index contributed by atoms with van der Waals surface area (Å²) in [7, 11) is 2.04. The highest BCUT2D eigenvalue weighted by atomic mass is 16.5. The van der Waals surface area contributed by atoms with Gasteiger partial charge in [0.25, 0.3) is 0 Å². The number of aliphatic hydroxyl groups is 1. The van der Waals surface area contributed by atoms with Crippen molar-refractivity contribution in [1.82, 2.24) is 10.2 Å². The molecule has 3 atom stereocenters. The Labute approximate surface area is 144 Å². The maximum atomic E-state index is 12.0. The summed E-state index contributed by atoms with van der Waals surface area (Å²) < 4.78 is 5.73. The highest BCUT2D eigenvalue weighted by Crippen LogP contribution is 2.27. The monoisotopic (exact) mass is 332 g/mol. The maximum Gasteiger partial charge on any atom is 0.223 e. The van der Waals surface area contributed by atoms with Crippen LogP contribution in [0.4, 0.5) is 0 Å². The molecule has 1 aliphatic carbocycles. The van der Waals surface area contributed by atoms with E-state index < -0.39 is 6.10 Å². The van der Waals surface area contributed by atoms with Gasteiger partial charge in [-0.1, -0.05) is 36.8 Å². The van der Waals surface area contributed by atoms with E-state index >= 15 is 0 Å². The van der Waals surface area contributed by atoms with E-state index in [9.17, 15) is 9.90 Å². The van der Waals surface area contributed by atoms with E-state index in [1.807, 2.05) is 13.1 Å². The fourth-order valence-electron chi connectivity index (χ4n) is 3.31. The highest BCUT2D eigenvalue weighted by molar-refractivity contribution is 5.79. The van der Waals surface area contributed by atoms with Gasteiger partial charge in [-0.3, -0.25) is 4.79 Å². The first kappa shape index (κ1) is 17.4. The lowest BCUT2D eigenvalue weighted by molar-refractivity contribution is -0.128. The van der Waals surface area contributed by atoms with Gasteiger partial charge in [-0.2, -0.15) is 0 Å². The van der Waals surface area contributed by atoms with Crippen LogP contribution in [0.25, 0.3) is 0 Å². The van der Waals surface area contributed by atoms with Gasteiger partial charge in [0, 0.05) is 19.0 Å². The smallest absolute Gasteiger partial charge is 0.223 e. The van der Waals surface area contributed by atoms with Crippen LogP contribution >= 0.6 is 0 Å². The fourth-order valence-corrected chi connectivity index (χ4v) is 3.31. The molecule has 3 unspecified atom stereocenters. The lowest BCUT2D eigenvalue weighted by Crippen LogP contribution is -2.49. The van der Waals surface area contributed by atoms with Gasteiger partial charge in [-0.25, -0.2) is 0 Å². The van der Waals surface area contributed by atoms with E-state index in [1.54, 1.807) is 0 Å². The fraction of sp³-hybridized carbons (Fsp3) is 0.632. The molecule has 1 aromatic carbocycles. The number of carbonyl (C=O) groups excluding carboxylic acids is 1. The Hall–Kier alpha value is -1.43. The first-order valence-corrected chi connectivity index (χ1v) is 8.96. The number of aliphatic hydroxyl groups excluding tert-OH is 1. The minimum Gasteiger partial charge on any atom is -0.388 e. The molecular formula is C19H28N2O3. The number of nitrogens with one attached hydrogen (secondary N) is 1. The molecule has 5 heteroatoms. The van der Waals surface area contributed by atoms with E-state index in [-0.39, 0.29) is 24.0 Å². The topological polar surface area (TPSA) is 61.8 Å². The van der Waals surface area contributed by atoms with Crippen LogP contribution in [0.5, 0.6) is 0 Å². The third kappa shape index (κ3) is 4.35. The summed E-state index contributed by atoms with van der Waals surface area (Å²) in [6, 6.07) is 10.1. The van der Waals surface area contributed by atoms with Gasteiger partial charge in [-0.15, -0.1) is 0 Å². The van der Waals surface area contributed by atoms with Gasteiger partial charge < -0.3 is 20.1 Å². The molecule has 5 nitrogen and oxygen atoms in total. The first-order chi connectivity index (χ1) is 11.6. The number of carbonyl (C=O) groups is 1. The van der Waals surface area contributed by atoms with Crippen LogP contribution in [-0.2, 0) is 16.0 Å². The average Bonchev–Trinajstić information content (AvgIpc) is 2.85. The molecule has 3 rings (SSSR count). The van der Waals surface area contributed by atoms with Crippen molar-refractivity contribution in [2.75, 3.05) is 26.7 Å². The minimum absolute atomic E-state index is 0.0759.